The summed E-state index contributed by atoms with van der Waals surface area (Å²) in [6.07, 6.45) is 5.28. The van der Waals surface area contributed by atoms with Gasteiger partial charge in [-0.15, -0.1) is 0 Å². The van der Waals surface area contributed by atoms with Gasteiger partial charge in [0, 0.05) is 11.8 Å². The number of benzene rings is 1. The molecule has 1 aliphatic heterocycles. The SMILES string of the molecule is COc1cccc(N2C(N)=NCC2C2CCCC2)c1. The Morgan fingerprint density at radius 2 is 2.11 bits per heavy atom. The monoisotopic (exact) mass is 259 g/mol. The molecule has 0 spiro atoms. The molecule has 2 N–H and O–H groups in total. The molecule has 1 aliphatic carbocycles. The van der Waals surface area contributed by atoms with Gasteiger partial charge in [0.15, 0.2) is 5.96 Å². The molecule has 1 unspecified atom stereocenters. The first-order valence-electron chi connectivity index (χ1n) is 7.03. The molecule has 0 aromatic heterocycles. The zero-order chi connectivity index (χ0) is 13.2. The highest BCUT2D eigenvalue weighted by Gasteiger charge is 2.35. The summed E-state index contributed by atoms with van der Waals surface area (Å²) in [4.78, 5) is 6.65. The number of nitrogens with two attached hydrogens (primary N) is 1. The largest absolute Gasteiger partial charge is 0.497 e. The Morgan fingerprint density at radius 3 is 2.84 bits per heavy atom. The Morgan fingerprint density at radius 1 is 1.32 bits per heavy atom. The molecule has 1 atom stereocenters. The maximum absolute atomic E-state index is 6.10. The van der Waals surface area contributed by atoms with E-state index in [0.29, 0.717) is 12.0 Å². The van der Waals surface area contributed by atoms with Gasteiger partial charge in [0.2, 0.25) is 0 Å². The van der Waals surface area contributed by atoms with Gasteiger partial charge < -0.3 is 15.4 Å². The summed E-state index contributed by atoms with van der Waals surface area (Å²) in [6.45, 7) is 0.827. The van der Waals surface area contributed by atoms with Gasteiger partial charge in [-0.3, -0.25) is 4.99 Å². The quantitative estimate of drug-likeness (QED) is 0.906. The normalized spacial score (nSPS) is 23.7. The van der Waals surface area contributed by atoms with Crippen molar-refractivity contribution in [3.8, 4) is 5.75 Å². The van der Waals surface area contributed by atoms with Crippen molar-refractivity contribution in [1.82, 2.24) is 0 Å². The molecule has 2 aliphatic rings. The molecule has 0 amide bonds. The van der Waals surface area contributed by atoms with Crippen LogP contribution in [0.15, 0.2) is 29.3 Å². The minimum atomic E-state index is 0.426. The van der Waals surface area contributed by atoms with Crippen LogP contribution in [-0.2, 0) is 0 Å². The third-order valence-corrected chi connectivity index (χ3v) is 4.29. The molecular weight excluding hydrogens is 238 g/mol. The van der Waals surface area contributed by atoms with Gasteiger partial charge in [0.25, 0.3) is 0 Å². The number of hydrogen-bond acceptors (Lipinski definition) is 4. The van der Waals surface area contributed by atoms with Crippen LogP contribution in [0.5, 0.6) is 5.75 Å². The predicted octanol–water partition coefficient (Wildman–Crippen LogP) is 2.39. The summed E-state index contributed by atoms with van der Waals surface area (Å²) < 4.78 is 5.30. The van der Waals surface area contributed by atoms with E-state index in [0.717, 1.165) is 23.9 Å². The minimum absolute atomic E-state index is 0.426. The summed E-state index contributed by atoms with van der Waals surface area (Å²) in [5, 5.41) is 0. The smallest absolute Gasteiger partial charge is 0.196 e. The van der Waals surface area contributed by atoms with Gasteiger partial charge in [-0.05, 0) is 30.9 Å². The highest BCUT2D eigenvalue weighted by Crippen LogP contribution is 2.35. The summed E-state index contributed by atoms with van der Waals surface area (Å²) in [5.74, 6) is 2.23. The molecule has 0 bridgehead atoms. The second kappa shape index (κ2) is 5.11. The standard InChI is InChI=1S/C15H21N3O/c1-19-13-8-4-7-12(9-13)18-14(10-17-15(18)16)11-5-2-3-6-11/h4,7-9,11,14H,2-3,5-6,10H2,1H3,(H2,16,17). The van der Waals surface area contributed by atoms with Crippen LogP contribution in [-0.4, -0.2) is 25.7 Å². The number of hydrogen-bond donors (Lipinski definition) is 1. The van der Waals surface area contributed by atoms with Gasteiger partial charge in [-0.2, -0.15) is 0 Å². The van der Waals surface area contributed by atoms with E-state index in [1.165, 1.54) is 25.7 Å². The van der Waals surface area contributed by atoms with E-state index in [2.05, 4.69) is 16.0 Å². The lowest BCUT2D eigenvalue weighted by Gasteiger charge is -2.30. The van der Waals surface area contributed by atoms with Crippen LogP contribution >= 0.6 is 0 Å². The van der Waals surface area contributed by atoms with Crippen molar-refractivity contribution in [3.05, 3.63) is 24.3 Å². The molecule has 102 valence electrons. The molecule has 1 aromatic carbocycles. The zero-order valence-electron chi connectivity index (χ0n) is 11.4. The van der Waals surface area contributed by atoms with E-state index < -0.39 is 0 Å². The number of guanidine groups is 1. The van der Waals surface area contributed by atoms with Gasteiger partial charge in [0.05, 0.1) is 19.7 Å². The lowest BCUT2D eigenvalue weighted by Crippen LogP contribution is -2.44. The Hall–Kier alpha value is -1.71. The average Bonchev–Trinajstić information content (AvgIpc) is 3.07. The molecule has 1 saturated carbocycles. The molecule has 1 heterocycles. The molecule has 1 fully saturated rings. The van der Waals surface area contributed by atoms with Crippen molar-refractivity contribution in [3.63, 3.8) is 0 Å². The lowest BCUT2D eigenvalue weighted by atomic mass is 9.97. The molecule has 3 rings (SSSR count). The van der Waals surface area contributed by atoms with Crippen LogP contribution < -0.4 is 15.4 Å². The zero-order valence-corrected chi connectivity index (χ0v) is 11.4. The lowest BCUT2D eigenvalue weighted by molar-refractivity contribution is 0.414. The summed E-state index contributed by atoms with van der Waals surface area (Å²) in [5.41, 5.74) is 7.19. The molecule has 0 radical (unpaired) electrons. The topological polar surface area (TPSA) is 50.9 Å². The highest BCUT2D eigenvalue weighted by atomic mass is 16.5. The average molecular weight is 259 g/mol. The van der Waals surface area contributed by atoms with Gasteiger partial charge in [0.1, 0.15) is 5.75 Å². The van der Waals surface area contributed by atoms with Crippen molar-refractivity contribution in [1.29, 1.82) is 0 Å². The Bertz CT molecular complexity index is 480. The summed E-state index contributed by atoms with van der Waals surface area (Å²) >= 11 is 0. The van der Waals surface area contributed by atoms with Crippen molar-refractivity contribution in [2.45, 2.75) is 31.7 Å². The number of rotatable bonds is 3. The second-order valence-electron chi connectivity index (χ2n) is 5.38. The van der Waals surface area contributed by atoms with Crippen LogP contribution in [0.25, 0.3) is 0 Å². The number of methoxy groups -OCH3 is 1. The van der Waals surface area contributed by atoms with E-state index in [-0.39, 0.29) is 0 Å². The fourth-order valence-corrected chi connectivity index (χ4v) is 3.30. The van der Waals surface area contributed by atoms with Crippen molar-refractivity contribution >= 4 is 11.6 Å². The van der Waals surface area contributed by atoms with Crippen LogP contribution in [0.1, 0.15) is 25.7 Å². The van der Waals surface area contributed by atoms with Gasteiger partial charge in [-0.25, -0.2) is 0 Å². The third kappa shape index (κ3) is 2.27. The van der Waals surface area contributed by atoms with Crippen molar-refractivity contribution in [2.75, 3.05) is 18.6 Å². The maximum atomic E-state index is 6.10. The van der Waals surface area contributed by atoms with Crippen molar-refractivity contribution < 1.29 is 4.74 Å². The third-order valence-electron chi connectivity index (χ3n) is 4.29. The first-order valence-corrected chi connectivity index (χ1v) is 7.03. The Kier molecular flexibility index (Phi) is 3.32. The fourth-order valence-electron chi connectivity index (χ4n) is 3.30. The molecular formula is C15H21N3O. The minimum Gasteiger partial charge on any atom is -0.497 e. The summed E-state index contributed by atoms with van der Waals surface area (Å²) in [7, 11) is 1.69. The number of aliphatic imine (C=N–C) groups is 1. The first-order chi connectivity index (χ1) is 9.29. The number of ether oxygens (including phenoxy) is 1. The van der Waals surface area contributed by atoms with E-state index in [1.807, 2.05) is 18.2 Å². The van der Waals surface area contributed by atoms with Gasteiger partial charge >= 0.3 is 0 Å². The number of nitrogens with zero attached hydrogens (tertiary/aromatic N) is 2. The first kappa shape index (κ1) is 12.3. The molecule has 1 aromatic rings. The molecule has 19 heavy (non-hydrogen) atoms. The number of anilines is 1. The highest BCUT2D eigenvalue weighted by molar-refractivity contribution is 5.97. The Labute approximate surface area is 114 Å². The van der Waals surface area contributed by atoms with Crippen LogP contribution in [0.4, 0.5) is 5.69 Å². The molecule has 4 heteroatoms. The van der Waals surface area contributed by atoms with E-state index in [9.17, 15) is 0 Å². The van der Waals surface area contributed by atoms with E-state index >= 15 is 0 Å². The van der Waals surface area contributed by atoms with Crippen LogP contribution in [0.3, 0.4) is 0 Å². The maximum Gasteiger partial charge on any atom is 0.196 e. The van der Waals surface area contributed by atoms with E-state index in [4.69, 9.17) is 10.5 Å². The second-order valence-corrected chi connectivity index (χ2v) is 5.38. The van der Waals surface area contributed by atoms with Gasteiger partial charge in [-0.1, -0.05) is 18.9 Å². The molecule has 4 nitrogen and oxygen atoms in total. The van der Waals surface area contributed by atoms with Crippen molar-refractivity contribution in [2.24, 2.45) is 16.6 Å². The Balaban J connectivity index is 1.88. The predicted molar refractivity (Wildman–Crippen MR) is 77.7 cm³/mol. The summed E-state index contributed by atoms with van der Waals surface area (Å²) in [6, 6.07) is 8.51. The molecule has 0 saturated heterocycles. The van der Waals surface area contributed by atoms with Crippen LogP contribution in [0.2, 0.25) is 0 Å². The fraction of sp³-hybridized carbons (Fsp3) is 0.533. The van der Waals surface area contributed by atoms with Crippen LogP contribution in [0, 0.1) is 5.92 Å². The van der Waals surface area contributed by atoms with E-state index in [1.54, 1.807) is 7.11 Å².